The zero-order valence-electron chi connectivity index (χ0n) is 15.7. The van der Waals surface area contributed by atoms with Crippen molar-refractivity contribution in [2.75, 3.05) is 13.1 Å². The van der Waals surface area contributed by atoms with Crippen LogP contribution in [0.4, 0.5) is 0 Å². The smallest absolute Gasteiger partial charge is 0.243 e. The Bertz CT molecular complexity index is 728. The highest BCUT2D eigenvalue weighted by atomic mass is 35.5. The molecular weight excluding hydrogens is 384 g/mol. The van der Waals surface area contributed by atoms with Crippen molar-refractivity contribution in [1.29, 1.82) is 0 Å². The van der Waals surface area contributed by atoms with E-state index in [0.29, 0.717) is 18.1 Å². The van der Waals surface area contributed by atoms with Crippen LogP contribution in [0.1, 0.15) is 57.8 Å². The van der Waals surface area contributed by atoms with Gasteiger partial charge in [0.1, 0.15) is 0 Å². The maximum atomic E-state index is 13.0. The van der Waals surface area contributed by atoms with Gasteiger partial charge in [-0.05, 0) is 49.9 Å². The highest BCUT2D eigenvalue weighted by molar-refractivity contribution is 7.89. The largest absolute Gasteiger partial charge is 0.354 e. The molecule has 0 aromatic heterocycles. The molecular formula is C20H29ClN2O3S. The monoisotopic (exact) mass is 412 g/mol. The van der Waals surface area contributed by atoms with Crippen molar-refractivity contribution >= 4 is 27.5 Å². The topological polar surface area (TPSA) is 66.5 Å². The number of carbonyl (C=O) groups is 1. The van der Waals surface area contributed by atoms with E-state index in [0.717, 1.165) is 38.5 Å². The predicted octanol–water partition coefficient (Wildman–Crippen LogP) is 3.97. The Morgan fingerprint density at radius 1 is 1.00 bits per heavy atom. The molecule has 1 saturated heterocycles. The van der Waals surface area contributed by atoms with Crippen LogP contribution in [0.25, 0.3) is 0 Å². The van der Waals surface area contributed by atoms with E-state index >= 15 is 0 Å². The molecule has 3 rings (SSSR count). The molecule has 2 fully saturated rings. The number of nitrogens with one attached hydrogen (secondary N) is 1. The van der Waals surface area contributed by atoms with Crippen LogP contribution in [0.2, 0.25) is 5.02 Å². The first-order chi connectivity index (χ1) is 13.0. The van der Waals surface area contributed by atoms with Gasteiger partial charge in [-0.15, -0.1) is 0 Å². The Labute approximate surface area is 167 Å². The molecule has 0 spiro atoms. The van der Waals surface area contributed by atoms with Crippen LogP contribution in [0.3, 0.4) is 0 Å². The Hall–Kier alpha value is -1.11. The molecule has 1 aromatic rings. The van der Waals surface area contributed by atoms with E-state index in [2.05, 4.69) is 5.32 Å². The molecule has 1 N–H and O–H groups in total. The molecule has 5 nitrogen and oxygen atoms in total. The third-order valence-corrected chi connectivity index (χ3v) is 7.95. The summed E-state index contributed by atoms with van der Waals surface area (Å²) in [5.41, 5.74) is 0. The number of nitrogens with zero attached hydrogens (tertiary/aromatic N) is 1. The number of benzene rings is 1. The van der Waals surface area contributed by atoms with Gasteiger partial charge in [-0.3, -0.25) is 4.79 Å². The molecule has 1 saturated carbocycles. The maximum absolute atomic E-state index is 13.0. The second-order valence-electron chi connectivity index (χ2n) is 7.65. The first-order valence-corrected chi connectivity index (χ1v) is 11.9. The van der Waals surface area contributed by atoms with E-state index < -0.39 is 10.0 Å². The molecule has 1 aliphatic heterocycles. The van der Waals surface area contributed by atoms with Crippen LogP contribution < -0.4 is 5.32 Å². The van der Waals surface area contributed by atoms with Crippen molar-refractivity contribution in [2.45, 2.75) is 68.7 Å². The molecule has 1 aliphatic carbocycles. The molecule has 150 valence electrons. The average Bonchev–Trinajstić information content (AvgIpc) is 3.09. The lowest BCUT2D eigenvalue weighted by Gasteiger charge is -2.26. The van der Waals surface area contributed by atoms with Gasteiger partial charge in [0.05, 0.1) is 4.90 Å². The van der Waals surface area contributed by atoms with Crippen LogP contribution in [0.15, 0.2) is 29.2 Å². The van der Waals surface area contributed by atoms with E-state index in [4.69, 9.17) is 11.6 Å². The van der Waals surface area contributed by atoms with Crippen molar-refractivity contribution in [3.05, 3.63) is 29.3 Å². The van der Waals surface area contributed by atoms with Gasteiger partial charge < -0.3 is 5.32 Å². The van der Waals surface area contributed by atoms with Crippen LogP contribution in [-0.4, -0.2) is 37.8 Å². The first-order valence-electron chi connectivity index (χ1n) is 10.0. The lowest BCUT2D eigenvalue weighted by molar-refractivity contribution is -0.125. The van der Waals surface area contributed by atoms with Crippen LogP contribution in [-0.2, 0) is 14.8 Å². The second-order valence-corrected chi connectivity index (χ2v) is 9.98. The molecule has 27 heavy (non-hydrogen) atoms. The van der Waals surface area contributed by atoms with E-state index in [1.807, 2.05) is 0 Å². The van der Waals surface area contributed by atoms with E-state index in [-0.39, 0.29) is 22.8 Å². The second kappa shape index (κ2) is 9.39. The summed E-state index contributed by atoms with van der Waals surface area (Å²) >= 11 is 5.87. The van der Waals surface area contributed by atoms with Crippen molar-refractivity contribution in [3.63, 3.8) is 0 Å². The summed E-state index contributed by atoms with van der Waals surface area (Å²) in [5.74, 6) is 0.167. The molecule has 1 aromatic carbocycles. The third-order valence-electron chi connectivity index (χ3n) is 5.73. The van der Waals surface area contributed by atoms with Gasteiger partial charge >= 0.3 is 0 Å². The summed E-state index contributed by atoms with van der Waals surface area (Å²) in [7, 11) is -3.56. The Kier molecular flexibility index (Phi) is 7.17. The predicted molar refractivity (Wildman–Crippen MR) is 107 cm³/mol. The SMILES string of the molecule is O=C(NCC1CCCN1S(=O)(=O)c1ccc(Cl)cc1)C1CCCCCCC1. The number of rotatable bonds is 5. The van der Waals surface area contributed by atoms with Crippen LogP contribution >= 0.6 is 11.6 Å². The molecule has 2 aliphatic rings. The summed E-state index contributed by atoms with van der Waals surface area (Å²) in [6.45, 7) is 0.886. The molecule has 1 unspecified atom stereocenters. The first kappa shape index (κ1) is 20.6. The van der Waals surface area contributed by atoms with Crippen LogP contribution in [0.5, 0.6) is 0 Å². The van der Waals surface area contributed by atoms with Crippen molar-refractivity contribution in [1.82, 2.24) is 9.62 Å². The normalized spacial score (nSPS) is 22.9. The quantitative estimate of drug-likeness (QED) is 0.795. The Morgan fingerprint density at radius 3 is 2.30 bits per heavy atom. The zero-order chi connectivity index (χ0) is 19.3. The standard InChI is InChI=1S/C20H29ClN2O3S/c21-17-10-12-19(13-11-17)27(25,26)23-14-6-9-18(23)15-22-20(24)16-7-4-2-1-3-5-8-16/h10-13,16,18H,1-9,14-15H2,(H,22,24). The third kappa shape index (κ3) is 5.24. The minimum atomic E-state index is -3.56. The highest BCUT2D eigenvalue weighted by Gasteiger charge is 2.35. The number of sulfonamides is 1. The highest BCUT2D eigenvalue weighted by Crippen LogP contribution is 2.27. The lowest BCUT2D eigenvalue weighted by atomic mass is 9.90. The fourth-order valence-electron chi connectivity index (χ4n) is 4.15. The summed E-state index contributed by atoms with van der Waals surface area (Å²) in [6, 6.07) is 6.09. The summed E-state index contributed by atoms with van der Waals surface area (Å²) < 4.78 is 27.4. The van der Waals surface area contributed by atoms with Crippen molar-refractivity contribution in [2.24, 2.45) is 5.92 Å². The summed E-state index contributed by atoms with van der Waals surface area (Å²) in [6.07, 6.45) is 9.39. The van der Waals surface area contributed by atoms with E-state index in [9.17, 15) is 13.2 Å². The van der Waals surface area contributed by atoms with Gasteiger partial charge in [0.25, 0.3) is 0 Å². The number of hydrogen-bond acceptors (Lipinski definition) is 3. The van der Waals surface area contributed by atoms with E-state index in [1.165, 1.54) is 23.6 Å². The minimum absolute atomic E-state index is 0.0769. The van der Waals surface area contributed by atoms with Crippen molar-refractivity contribution in [3.8, 4) is 0 Å². The molecule has 0 bridgehead atoms. The number of halogens is 1. The fourth-order valence-corrected chi connectivity index (χ4v) is 5.97. The number of amides is 1. The van der Waals surface area contributed by atoms with E-state index in [1.54, 1.807) is 24.3 Å². The molecule has 1 amide bonds. The van der Waals surface area contributed by atoms with Gasteiger partial charge in [0.15, 0.2) is 0 Å². The number of carbonyl (C=O) groups excluding carboxylic acids is 1. The van der Waals surface area contributed by atoms with Gasteiger partial charge in [0, 0.05) is 30.1 Å². The molecule has 1 heterocycles. The lowest BCUT2D eigenvalue weighted by Crippen LogP contribution is -2.44. The van der Waals surface area contributed by atoms with Crippen LogP contribution in [0, 0.1) is 5.92 Å². The molecule has 1 atom stereocenters. The Balaban J connectivity index is 1.60. The van der Waals surface area contributed by atoms with Crippen molar-refractivity contribution < 1.29 is 13.2 Å². The van der Waals surface area contributed by atoms with Gasteiger partial charge in [0.2, 0.25) is 15.9 Å². The summed E-state index contributed by atoms with van der Waals surface area (Å²) in [4.78, 5) is 12.8. The number of hydrogen-bond donors (Lipinski definition) is 1. The maximum Gasteiger partial charge on any atom is 0.243 e. The zero-order valence-corrected chi connectivity index (χ0v) is 17.3. The fraction of sp³-hybridized carbons (Fsp3) is 0.650. The minimum Gasteiger partial charge on any atom is -0.354 e. The van der Waals surface area contributed by atoms with Gasteiger partial charge in [-0.1, -0.05) is 43.7 Å². The van der Waals surface area contributed by atoms with Gasteiger partial charge in [-0.2, -0.15) is 4.31 Å². The molecule has 7 heteroatoms. The summed E-state index contributed by atoms with van der Waals surface area (Å²) in [5, 5.41) is 3.55. The molecule has 0 radical (unpaired) electrons. The Morgan fingerprint density at radius 2 is 1.63 bits per heavy atom. The van der Waals surface area contributed by atoms with Gasteiger partial charge in [-0.25, -0.2) is 8.42 Å². The average molecular weight is 413 g/mol.